The van der Waals surface area contributed by atoms with Crippen molar-refractivity contribution in [1.82, 2.24) is 4.98 Å². The van der Waals surface area contributed by atoms with Crippen LogP contribution in [0, 0.1) is 5.82 Å². The highest BCUT2D eigenvalue weighted by molar-refractivity contribution is 7.26. The second-order valence-corrected chi connectivity index (χ2v) is 8.98. The Kier molecular flexibility index (Phi) is 4.44. The van der Waals surface area contributed by atoms with Gasteiger partial charge >= 0.3 is 0 Å². The third-order valence-electron chi connectivity index (χ3n) is 5.77. The maximum Gasteiger partial charge on any atom is 0.123 e. The van der Waals surface area contributed by atoms with Crippen LogP contribution in [-0.2, 0) is 6.37 Å². The molecule has 1 nitrogen and oxygen atoms in total. The van der Waals surface area contributed by atoms with E-state index in [1.54, 1.807) is 35.7 Å². The molecule has 0 spiro atoms. The smallest absolute Gasteiger partial charge is 0.123 e. The number of thiophene rings is 1. The average molecular weight is 448 g/mol. The summed E-state index contributed by atoms with van der Waals surface area (Å²) < 4.78 is 33.1. The fraction of sp³-hybridized carbons (Fsp3) is 0.0333. The molecule has 4 aromatic carbocycles. The third-order valence-corrected chi connectivity index (χ3v) is 6.98. The summed E-state index contributed by atoms with van der Waals surface area (Å²) in [6.45, 7) is 0. The van der Waals surface area contributed by atoms with Crippen molar-refractivity contribution in [2.75, 3.05) is 0 Å². The van der Waals surface area contributed by atoms with E-state index in [0.29, 0.717) is 11.1 Å². The Morgan fingerprint density at radius 3 is 2.39 bits per heavy atom. The van der Waals surface area contributed by atoms with Crippen molar-refractivity contribution in [3.05, 3.63) is 126 Å². The standard InChI is InChI=1S/C30H20FNS/c31-24-12-9-22(10-13-24)23-11-14-25-26-7-4-8-27(30(26)33-29(25)19-23)28-18-21(15-16-32-28)17-20-5-2-1-3-6-20/h1-16,18-19H,17H2/i17D2. The maximum atomic E-state index is 13.4. The molecule has 0 aliphatic carbocycles. The summed E-state index contributed by atoms with van der Waals surface area (Å²) in [5.74, 6) is -0.243. The lowest BCUT2D eigenvalue weighted by Gasteiger charge is -2.06. The SMILES string of the molecule is [2H]C([2H])(c1ccccc1)c1ccnc(-c2cccc3c2sc2cc(-c4ccc(F)cc4)ccc23)c1. The molecular weight excluding hydrogens is 425 g/mol. The van der Waals surface area contributed by atoms with E-state index in [0.717, 1.165) is 42.6 Å². The second kappa shape index (κ2) is 8.27. The first-order valence-electron chi connectivity index (χ1n) is 11.7. The molecular formula is C30H20FNS. The number of rotatable bonds is 4. The van der Waals surface area contributed by atoms with E-state index >= 15 is 0 Å². The van der Waals surface area contributed by atoms with Gasteiger partial charge in [-0.25, -0.2) is 4.39 Å². The van der Waals surface area contributed by atoms with Crippen molar-refractivity contribution in [2.45, 2.75) is 6.37 Å². The van der Waals surface area contributed by atoms with Gasteiger partial charge in [-0.3, -0.25) is 4.98 Å². The highest BCUT2D eigenvalue weighted by atomic mass is 32.1. The van der Waals surface area contributed by atoms with E-state index in [1.165, 1.54) is 12.1 Å². The molecule has 0 fully saturated rings. The van der Waals surface area contributed by atoms with Gasteiger partial charge in [0.25, 0.3) is 0 Å². The zero-order valence-electron chi connectivity index (χ0n) is 19.6. The number of hydrogen-bond acceptors (Lipinski definition) is 2. The minimum Gasteiger partial charge on any atom is -0.256 e. The number of halogens is 1. The highest BCUT2D eigenvalue weighted by Gasteiger charge is 2.12. The lowest BCUT2D eigenvalue weighted by molar-refractivity contribution is 0.628. The Hall–Kier alpha value is -3.82. The molecule has 0 amide bonds. The summed E-state index contributed by atoms with van der Waals surface area (Å²) in [5, 5.41) is 2.31. The van der Waals surface area contributed by atoms with Crippen LogP contribution in [0.3, 0.4) is 0 Å². The second-order valence-electron chi connectivity index (χ2n) is 7.92. The zero-order chi connectivity index (χ0) is 24.0. The Labute approximate surface area is 198 Å². The number of aromatic nitrogens is 1. The molecule has 3 heteroatoms. The van der Waals surface area contributed by atoms with Crippen LogP contribution >= 0.6 is 11.3 Å². The monoisotopic (exact) mass is 447 g/mol. The van der Waals surface area contributed by atoms with Crippen LogP contribution in [-0.4, -0.2) is 4.98 Å². The van der Waals surface area contributed by atoms with Crippen LogP contribution < -0.4 is 0 Å². The van der Waals surface area contributed by atoms with E-state index in [4.69, 9.17) is 2.74 Å². The molecule has 0 atom stereocenters. The van der Waals surface area contributed by atoms with E-state index in [-0.39, 0.29) is 5.82 Å². The summed E-state index contributed by atoms with van der Waals surface area (Å²) in [7, 11) is 0. The molecule has 0 saturated carbocycles. The van der Waals surface area contributed by atoms with Crippen LogP contribution in [0.4, 0.5) is 4.39 Å². The van der Waals surface area contributed by atoms with Gasteiger partial charge < -0.3 is 0 Å². The molecule has 0 radical (unpaired) electrons. The van der Waals surface area contributed by atoms with E-state index in [9.17, 15) is 4.39 Å². The molecule has 158 valence electrons. The van der Waals surface area contributed by atoms with E-state index in [2.05, 4.69) is 29.2 Å². The van der Waals surface area contributed by atoms with Crippen LogP contribution in [0.5, 0.6) is 0 Å². The van der Waals surface area contributed by atoms with Crippen LogP contribution in [0.1, 0.15) is 13.9 Å². The van der Waals surface area contributed by atoms with E-state index < -0.39 is 6.37 Å². The molecule has 6 rings (SSSR count). The topological polar surface area (TPSA) is 12.9 Å². The third kappa shape index (κ3) is 3.81. The maximum absolute atomic E-state index is 13.4. The first kappa shape index (κ1) is 17.7. The van der Waals surface area contributed by atoms with Crippen molar-refractivity contribution in [3.8, 4) is 22.4 Å². The van der Waals surface area contributed by atoms with Crippen LogP contribution in [0.2, 0.25) is 0 Å². The molecule has 0 N–H and O–H groups in total. The Morgan fingerprint density at radius 1 is 0.727 bits per heavy atom. The van der Waals surface area contributed by atoms with Gasteiger partial charge in [0.15, 0.2) is 0 Å². The summed E-state index contributed by atoms with van der Waals surface area (Å²) >= 11 is 1.70. The summed E-state index contributed by atoms with van der Waals surface area (Å²) in [6.07, 6.45) is 0.0568. The number of nitrogens with zero attached hydrogens (tertiary/aromatic N) is 1. The van der Waals surface area contributed by atoms with Crippen LogP contribution in [0.25, 0.3) is 42.6 Å². The van der Waals surface area contributed by atoms with Gasteiger partial charge in [0.05, 0.1) is 5.69 Å². The molecule has 2 aromatic heterocycles. The molecule has 0 bridgehead atoms. The summed E-state index contributed by atoms with van der Waals surface area (Å²) in [5.41, 5.74) is 4.94. The lowest BCUT2D eigenvalue weighted by atomic mass is 10.0. The Morgan fingerprint density at radius 2 is 1.55 bits per heavy atom. The van der Waals surface area contributed by atoms with E-state index in [1.807, 2.05) is 48.5 Å². The first-order chi connectivity index (χ1) is 17.0. The van der Waals surface area contributed by atoms with Crippen molar-refractivity contribution >= 4 is 31.5 Å². The van der Waals surface area contributed by atoms with Gasteiger partial charge in [-0.15, -0.1) is 11.3 Å². The minimum absolute atomic E-state index is 0.243. The van der Waals surface area contributed by atoms with Gasteiger partial charge in [0, 0.05) is 34.7 Å². The fourth-order valence-electron chi connectivity index (χ4n) is 4.17. The molecule has 0 aliphatic rings. The zero-order valence-corrected chi connectivity index (χ0v) is 18.4. The van der Waals surface area contributed by atoms with Gasteiger partial charge in [-0.1, -0.05) is 72.8 Å². The summed E-state index contributed by atoms with van der Waals surface area (Å²) in [6, 6.07) is 31.9. The first-order valence-corrected chi connectivity index (χ1v) is 11.6. The predicted octanol–water partition coefficient (Wildman–Crippen LogP) is 8.51. The molecule has 0 unspecified atom stereocenters. The largest absolute Gasteiger partial charge is 0.256 e. The van der Waals surface area contributed by atoms with Crippen LogP contribution in [0.15, 0.2) is 109 Å². The van der Waals surface area contributed by atoms with Crippen molar-refractivity contribution in [3.63, 3.8) is 0 Å². The van der Waals surface area contributed by atoms with Crippen molar-refractivity contribution in [2.24, 2.45) is 0 Å². The Balaban J connectivity index is 1.47. The molecule has 6 aromatic rings. The molecule has 2 heterocycles. The normalized spacial score (nSPS) is 12.6. The predicted molar refractivity (Wildman–Crippen MR) is 137 cm³/mol. The minimum atomic E-state index is -1.63. The summed E-state index contributed by atoms with van der Waals surface area (Å²) in [4.78, 5) is 4.61. The van der Waals surface area contributed by atoms with Gasteiger partial charge in [0.1, 0.15) is 5.82 Å². The van der Waals surface area contributed by atoms with Gasteiger partial charge in [-0.05, 0) is 59.0 Å². The Bertz CT molecular complexity index is 1670. The number of fused-ring (bicyclic) bond motifs is 3. The quantitative estimate of drug-likeness (QED) is 0.264. The number of hydrogen-bond donors (Lipinski definition) is 0. The number of benzene rings is 4. The molecule has 33 heavy (non-hydrogen) atoms. The molecule has 0 aliphatic heterocycles. The van der Waals surface area contributed by atoms with Crippen molar-refractivity contribution in [1.29, 1.82) is 0 Å². The van der Waals surface area contributed by atoms with Gasteiger partial charge in [-0.2, -0.15) is 0 Å². The average Bonchev–Trinajstić information content (AvgIpc) is 3.28. The lowest BCUT2D eigenvalue weighted by Crippen LogP contribution is -1.91. The highest BCUT2D eigenvalue weighted by Crippen LogP contribution is 2.41. The molecule has 0 saturated heterocycles. The number of pyridine rings is 1. The van der Waals surface area contributed by atoms with Gasteiger partial charge in [0.2, 0.25) is 0 Å². The fourth-order valence-corrected chi connectivity index (χ4v) is 5.43. The van der Waals surface area contributed by atoms with Crippen molar-refractivity contribution < 1.29 is 7.13 Å².